The van der Waals surface area contributed by atoms with E-state index in [2.05, 4.69) is 58.0 Å². The Morgan fingerprint density at radius 1 is 1.04 bits per heavy atom. The molecule has 2 aromatic carbocycles. The number of benzene rings is 2. The Morgan fingerprint density at radius 2 is 1.67 bits per heavy atom. The first-order valence-corrected chi connectivity index (χ1v) is 8.63. The lowest BCUT2D eigenvalue weighted by atomic mass is 9.86. The van der Waals surface area contributed by atoms with Gasteiger partial charge in [-0.05, 0) is 44.4 Å². The minimum absolute atomic E-state index is 0.120. The summed E-state index contributed by atoms with van der Waals surface area (Å²) >= 11 is 0. The minimum atomic E-state index is -0.336. The van der Waals surface area contributed by atoms with Crippen molar-refractivity contribution >= 4 is 17.2 Å². The Balaban J connectivity index is 2.08. The van der Waals surface area contributed by atoms with E-state index < -0.39 is 0 Å². The summed E-state index contributed by atoms with van der Waals surface area (Å²) in [5, 5.41) is 0. The molecule has 2 heteroatoms. The third kappa shape index (κ3) is 2.77. The quantitative estimate of drug-likeness (QED) is 0.741. The van der Waals surface area contributed by atoms with Gasteiger partial charge in [0.1, 0.15) is 0 Å². The Morgan fingerprint density at radius 3 is 2.33 bits per heavy atom. The topological polar surface area (TPSA) is 20.3 Å². The molecule has 124 valence electrons. The second-order valence-electron chi connectivity index (χ2n) is 7.04. The van der Waals surface area contributed by atoms with Crippen LogP contribution in [0.15, 0.2) is 60.7 Å². The minimum Gasteiger partial charge on any atom is -0.302 e. The van der Waals surface area contributed by atoms with Gasteiger partial charge in [-0.1, -0.05) is 61.5 Å². The maximum atomic E-state index is 13.5. The highest BCUT2D eigenvalue weighted by Crippen LogP contribution is 2.40. The van der Waals surface area contributed by atoms with Gasteiger partial charge in [0.25, 0.3) is 0 Å². The molecule has 0 bridgehead atoms. The number of fused-ring (bicyclic) bond motifs is 1. The first-order valence-electron chi connectivity index (χ1n) is 8.63. The van der Waals surface area contributed by atoms with Gasteiger partial charge in [-0.2, -0.15) is 0 Å². The van der Waals surface area contributed by atoms with Crippen LogP contribution in [0.3, 0.4) is 0 Å². The first kappa shape index (κ1) is 16.5. The second-order valence-corrected chi connectivity index (χ2v) is 7.04. The van der Waals surface area contributed by atoms with Crippen LogP contribution in [0.2, 0.25) is 0 Å². The van der Waals surface area contributed by atoms with E-state index in [0.29, 0.717) is 0 Å². The van der Waals surface area contributed by atoms with Crippen molar-refractivity contribution in [3.8, 4) is 0 Å². The predicted octanol–water partition coefficient (Wildman–Crippen LogP) is 5.41. The number of carbonyl (C=O) groups is 1. The number of rotatable bonds is 3. The van der Waals surface area contributed by atoms with Crippen LogP contribution in [0.4, 0.5) is 5.69 Å². The number of para-hydroxylation sites is 1. The van der Waals surface area contributed by atoms with Crippen molar-refractivity contribution in [3.63, 3.8) is 0 Å². The molecule has 1 aliphatic heterocycles. The van der Waals surface area contributed by atoms with Crippen molar-refractivity contribution < 1.29 is 4.79 Å². The van der Waals surface area contributed by atoms with Crippen LogP contribution in [0, 0.1) is 0 Å². The summed E-state index contributed by atoms with van der Waals surface area (Å²) in [4.78, 5) is 15.5. The van der Waals surface area contributed by atoms with Gasteiger partial charge in [-0.3, -0.25) is 4.79 Å². The molecular formula is C22H25NO. The summed E-state index contributed by atoms with van der Waals surface area (Å²) in [5.74, 6) is 0.0511. The van der Waals surface area contributed by atoms with E-state index in [0.717, 1.165) is 23.2 Å². The predicted molar refractivity (Wildman–Crippen MR) is 101 cm³/mol. The number of hydrogen-bond donors (Lipinski definition) is 0. The Labute approximate surface area is 144 Å². The van der Waals surface area contributed by atoms with Gasteiger partial charge in [0.15, 0.2) is 0 Å². The maximum Gasteiger partial charge on any atom is 0.235 e. The molecule has 2 nitrogen and oxygen atoms in total. The zero-order valence-electron chi connectivity index (χ0n) is 14.9. The lowest BCUT2D eigenvalue weighted by molar-refractivity contribution is -0.120. The van der Waals surface area contributed by atoms with Gasteiger partial charge >= 0.3 is 0 Å². The Hall–Kier alpha value is -2.35. The molecule has 1 aliphatic rings. The van der Waals surface area contributed by atoms with Gasteiger partial charge < -0.3 is 4.90 Å². The summed E-state index contributed by atoms with van der Waals surface area (Å²) in [6, 6.07) is 18.3. The van der Waals surface area contributed by atoms with Gasteiger partial charge in [-0.15, -0.1) is 0 Å². The monoisotopic (exact) mass is 319 g/mol. The van der Waals surface area contributed by atoms with E-state index in [1.165, 1.54) is 5.57 Å². The number of carbonyl (C=O) groups excluding carboxylic acids is 1. The van der Waals surface area contributed by atoms with E-state index in [1.54, 1.807) is 0 Å². The zero-order valence-corrected chi connectivity index (χ0v) is 14.9. The normalized spacial score (nSPS) is 17.0. The molecule has 0 spiro atoms. The number of anilines is 1. The van der Waals surface area contributed by atoms with Gasteiger partial charge in [-0.25, -0.2) is 0 Å². The molecule has 24 heavy (non-hydrogen) atoms. The van der Waals surface area contributed by atoms with E-state index >= 15 is 0 Å². The van der Waals surface area contributed by atoms with Crippen LogP contribution in [-0.2, 0) is 4.79 Å². The van der Waals surface area contributed by atoms with Crippen molar-refractivity contribution in [1.82, 2.24) is 0 Å². The van der Waals surface area contributed by atoms with Gasteiger partial charge in [0.05, 0.1) is 17.1 Å². The average Bonchev–Trinajstić information content (AvgIpc) is 2.56. The third-order valence-electron chi connectivity index (χ3n) is 4.84. The van der Waals surface area contributed by atoms with Crippen molar-refractivity contribution in [2.75, 3.05) is 4.90 Å². The highest BCUT2D eigenvalue weighted by atomic mass is 16.2. The molecule has 0 N–H and O–H groups in total. The highest BCUT2D eigenvalue weighted by molar-refractivity contribution is 6.03. The number of allylic oxidation sites excluding steroid dienone is 1. The van der Waals surface area contributed by atoms with Gasteiger partial charge in [0.2, 0.25) is 5.91 Å². The first-order chi connectivity index (χ1) is 11.5. The molecule has 0 aliphatic carbocycles. The lowest BCUT2D eigenvalue weighted by Crippen LogP contribution is -2.50. The van der Waals surface area contributed by atoms with Crippen LogP contribution in [0.5, 0.6) is 0 Å². The van der Waals surface area contributed by atoms with Crippen molar-refractivity contribution in [1.29, 1.82) is 0 Å². The van der Waals surface area contributed by atoms with Gasteiger partial charge in [0, 0.05) is 5.56 Å². The summed E-state index contributed by atoms with van der Waals surface area (Å²) in [6.45, 7) is 8.43. The van der Waals surface area contributed by atoms with E-state index in [-0.39, 0.29) is 17.4 Å². The lowest BCUT2D eigenvalue weighted by Gasteiger charge is -2.43. The van der Waals surface area contributed by atoms with E-state index in [9.17, 15) is 4.79 Å². The molecule has 0 fully saturated rings. The van der Waals surface area contributed by atoms with Crippen molar-refractivity contribution in [2.45, 2.75) is 45.6 Å². The fourth-order valence-electron chi connectivity index (χ4n) is 3.78. The molecule has 2 aromatic rings. The molecule has 0 saturated heterocycles. The Bertz CT molecular complexity index is 774. The van der Waals surface area contributed by atoms with Crippen LogP contribution in [0.1, 0.15) is 51.2 Å². The second kappa shape index (κ2) is 6.27. The summed E-state index contributed by atoms with van der Waals surface area (Å²) in [6.07, 6.45) is 2.99. The van der Waals surface area contributed by atoms with Crippen LogP contribution >= 0.6 is 0 Å². The number of nitrogens with zero attached hydrogens (tertiary/aromatic N) is 1. The maximum absolute atomic E-state index is 13.5. The molecule has 1 atom stereocenters. The van der Waals surface area contributed by atoms with Crippen molar-refractivity contribution in [3.05, 3.63) is 71.8 Å². The molecule has 0 radical (unpaired) electrons. The fourth-order valence-corrected chi connectivity index (χ4v) is 3.78. The number of hydrogen-bond acceptors (Lipinski definition) is 1. The molecule has 1 heterocycles. The van der Waals surface area contributed by atoms with Crippen molar-refractivity contribution in [2.24, 2.45) is 0 Å². The zero-order chi connectivity index (χ0) is 17.3. The SMILES string of the molecule is CC[C@H](C(=O)N1c2ccccc2C(C)=CC1(C)C)c1ccccc1. The standard InChI is InChI=1S/C22H25NO/c1-5-18(17-11-7-6-8-12-17)21(24)23-20-14-10-9-13-19(20)16(2)15-22(23,3)4/h6-15,18H,5H2,1-4H3/t18-/m0/s1. The fraction of sp³-hybridized carbons (Fsp3) is 0.318. The summed E-state index contributed by atoms with van der Waals surface area (Å²) in [7, 11) is 0. The number of amides is 1. The van der Waals surface area contributed by atoms with Crippen LogP contribution < -0.4 is 4.90 Å². The Kier molecular flexibility index (Phi) is 4.31. The molecular weight excluding hydrogens is 294 g/mol. The highest BCUT2D eigenvalue weighted by Gasteiger charge is 2.38. The smallest absolute Gasteiger partial charge is 0.235 e. The molecule has 0 saturated carbocycles. The molecule has 0 aromatic heterocycles. The summed E-state index contributed by atoms with van der Waals surface area (Å²) in [5.41, 5.74) is 4.14. The van der Waals surface area contributed by atoms with E-state index in [1.807, 2.05) is 35.2 Å². The van der Waals surface area contributed by atoms with Crippen LogP contribution in [-0.4, -0.2) is 11.4 Å². The molecule has 1 amide bonds. The summed E-state index contributed by atoms with van der Waals surface area (Å²) < 4.78 is 0. The average molecular weight is 319 g/mol. The molecule has 3 rings (SSSR count). The molecule has 0 unspecified atom stereocenters. The third-order valence-corrected chi connectivity index (χ3v) is 4.84. The van der Waals surface area contributed by atoms with Crippen LogP contribution in [0.25, 0.3) is 5.57 Å². The van der Waals surface area contributed by atoms with E-state index in [4.69, 9.17) is 0 Å². The largest absolute Gasteiger partial charge is 0.302 e.